The van der Waals surface area contributed by atoms with Crippen molar-refractivity contribution < 1.29 is 4.79 Å². The lowest BCUT2D eigenvalue weighted by Gasteiger charge is -2.21. The molecule has 2 heterocycles. The standard InChI is InChI=1S/C18H27N5O/c1-12(2)16(19)8-9-22(5)18(24)15-6-7-17(20-11-15)23-14(4)10-13(3)21-23/h6-7,10-12,16H,8-9,19H2,1-5H3. The molecule has 0 aliphatic carbocycles. The molecule has 1 unspecified atom stereocenters. The summed E-state index contributed by atoms with van der Waals surface area (Å²) in [6.45, 7) is 8.74. The minimum atomic E-state index is -0.0432. The third-order valence-corrected chi connectivity index (χ3v) is 4.22. The molecule has 0 radical (unpaired) electrons. The van der Waals surface area contributed by atoms with Gasteiger partial charge >= 0.3 is 0 Å². The van der Waals surface area contributed by atoms with Crippen LogP contribution in [-0.4, -0.2) is 45.2 Å². The van der Waals surface area contributed by atoms with E-state index in [0.29, 0.717) is 23.8 Å². The van der Waals surface area contributed by atoms with Crippen LogP contribution >= 0.6 is 0 Å². The quantitative estimate of drug-likeness (QED) is 0.882. The summed E-state index contributed by atoms with van der Waals surface area (Å²) in [7, 11) is 1.80. The first kappa shape index (κ1) is 18.1. The lowest BCUT2D eigenvalue weighted by atomic mass is 10.0. The zero-order chi connectivity index (χ0) is 17.9. The van der Waals surface area contributed by atoms with Crippen molar-refractivity contribution in [3.05, 3.63) is 41.3 Å². The molecule has 0 saturated heterocycles. The highest BCUT2D eigenvalue weighted by atomic mass is 16.2. The van der Waals surface area contributed by atoms with Crippen molar-refractivity contribution in [2.75, 3.05) is 13.6 Å². The summed E-state index contributed by atoms with van der Waals surface area (Å²) in [5.41, 5.74) is 8.57. The minimum Gasteiger partial charge on any atom is -0.342 e. The molecule has 2 rings (SSSR count). The number of nitrogens with two attached hydrogens (primary N) is 1. The van der Waals surface area contributed by atoms with Gasteiger partial charge in [-0.05, 0) is 44.4 Å². The Morgan fingerprint density at radius 2 is 2.04 bits per heavy atom. The molecule has 2 N–H and O–H groups in total. The molecule has 0 aliphatic heterocycles. The SMILES string of the molecule is Cc1cc(C)n(-c2ccc(C(=O)N(C)CCC(N)C(C)C)cn2)n1. The van der Waals surface area contributed by atoms with Gasteiger partial charge in [-0.1, -0.05) is 13.8 Å². The highest BCUT2D eigenvalue weighted by Crippen LogP contribution is 2.12. The van der Waals surface area contributed by atoms with Crippen LogP contribution in [0.25, 0.3) is 5.82 Å². The first-order valence-electron chi connectivity index (χ1n) is 8.30. The van der Waals surface area contributed by atoms with Crippen molar-refractivity contribution in [3.8, 4) is 5.82 Å². The number of hydrogen-bond donors (Lipinski definition) is 1. The minimum absolute atomic E-state index is 0.0432. The Bertz CT molecular complexity index is 690. The van der Waals surface area contributed by atoms with E-state index in [1.54, 1.807) is 28.9 Å². The van der Waals surface area contributed by atoms with Gasteiger partial charge in [0.25, 0.3) is 5.91 Å². The van der Waals surface area contributed by atoms with Crippen molar-refractivity contribution in [2.24, 2.45) is 11.7 Å². The summed E-state index contributed by atoms with van der Waals surface area (Å²) in [6.07, 6.45) is 2.39. The molecule has 2 aromatic rings. The predicted octanol–water partition coefficient (Wildman–Crippen LogP) is 2.33. The second kappa shape index (κ2) is 7.57. The smallest absolute Gasteiger partial charge is 0.255 e. The number of amides is 1. The second-order valence-electron chi connectivity index (χ2n) is 6.67. The third-order valence-electron chi connectivity index (χ3n) is 4.22. The topological polar surface area (TPSA) is 77.0 Å². The monoisotopic (exact) mass is 329 g/mol. The van der Waals surface area contributed by atoms with Crippen LogP contribution in [0.3, 0.4) is 0 Å². The van der Waals surface area contributed by atoms with Gasteiger partial charge in [0, 0.05) is 31.5 Å². The molecule has 0 aromatic carbocycles. The number of aryl methyl sites for hydroxylation is 2. The van der Waals surface area contributed by atoms with Gasteiger partial charge in [0.2, 0.25) is 0 Å². The first-order chi connectivity index (χ1) is 11.3. The van der Waals surface area contributed by atoms with Crippen molar-refractivity contribution in [2.45, 2.75) is 40.2 Å². The fraction of sp³-hybridized carbons (Fsp3) is 0.500. The molecule has 1 amide bonds. The lowest BCUT2D eigenvalue weighted by molar-refractivity contribution is 0.0789. The van der Waals surface area contributed by atoms with Gasteiger partial charge in [0.15, 0.2) is 5.82 Å². The molecule has 0 spiro atoms. The van der Waals surface area contributed by atoms with E-state index in [1.165, 1.54) is 0 Å². The molecule has 130 valence electrons. The Balaban J connectivity index is 2.04. The van der Waals surface area contributed by atoms with E-state index in [1.807, 2.05) is 26.0 Å². The van der Waals surface area contributed by atoms with Gasteiger partial charge < -0.3 is 10.6 Å². The molecule has 0 saturated carbocycles. The molecule has 0 fully saturated rings. The molecular weight excluding hydrogens is 302 g/mol. The van der Waals surface area contributed by atoms with E-state index in [-0.39, 0.29) is 11.9 Å². The number of nitrogens with zero attached hydrogens (tertiary/aromatic N) is 4. The second-order valence-corrected chi connectivity index (χ2v) is 6.67. The van der Waals surface area contributed by atoms with Crippen molar-refractivity contribution in [1.29, 1.82) is 0 Å². The number of carbonyl (C=O) groups is 1. The van der Waals surface area contributed by atoms with Crippen LogP contribution in [-0.2, 0) is 0 Å². The number of hydrogen-bond acceptors (Lipinski definition) is 4. The van der Waals surface area contributed by atoms with Gasteiger partial charge in [-0.25, -0.2) is 9.67 Å². The Morgan fingerprint density at radius 1 is 1.33 bits per heavy atom. The fourth-order valence-electron chi connectivity index (χ4n) is 2.50. The fourth-order valence-corrected chi connectivity index (χ4v) is 2.50. The lowest BCUT2D eigenvalue weighted by Crippen LogP contribution is -2.34. The van der Waals surface area contributed by atoms with E-state index in [0.717, 1.165) is 17.8 Å². The van der Waals surface area contributed by atoms with Crippen LogP contribution in [0.2, 0.25) is 0 Å². The van der Waals surface area contributed by atoms with E-state index in [2.05, 4.69) is 23.9 Å². The van der Waals surface area contributed by atoms with E-state index in [9.17, 15) is 4.79 Å². The molecular formula is C18H27N5O. The van der Waals surface area contributed by atoms with Crippen LogP contribution in [0.4, 0.5) is 0 Å². The number of carbonyl (C=O) groups excluding carboxylic acids is 1. The van der Waals surface area contributed by atoms with E-state index < -0.39 is 0 Å². The summed E-state index contributed by atoms with van der Waals surface area (Å²) in [4.78, 5) is 18.5. The van der Waals surface area contributed by atoms with Crippen LogP contribution in [0.5, 0.6) is 0 Å². The normalized spacial score (nSPS) is 12.5. The zero-order valence-corrected chi connectivity index (χ0v) is 15.2. The summed E-state index contributed by atoms with van der Waals surface area (Å²) >= 11 is 0. The highest BCUT2D eigenvalue weighted by Gasteiger charge is 2.15. The molecule has 2 aromatic heterocycles. The molecule has 1 atom stereocenters. The third kappa shape index (κ3) is 4.20. The van der Waals surface area contributed by atoms with Crippen LogP contribution in [0.15, 0.2) is 24.4 Å². The van der Waals surface area contributed by atoms with Crippen molar-refractivity contribution in [3.63, 3.8) is 0 Å². The molecule has 6 nitrogen and oxygen atoms in total. The van der Waals surface area contributed by atoms with Gasteiger partial charge in [0.05, 0.1) is 11.3 Å². The number of aromatic nitrogens is 3. The van der Waals surface area contributed by atoms with Crippen LogP contribution < -0.4 is 5.73 Å². The van der Waals surface area contributed by atoms with Crippen LogP contribution in [0, 0.1) is 19.8 Å². The maximum atomic E-state index is 12.5. The van der Waals surface area contributed by atoms with Gasteiger partial charge in [-0.15, -0.1) is 0 Å². The average molecular weight is 329 g/mol. The largest absolute Gasteiger partial charge is 0.342 e. The number of pyridine rings is 1. The Labute approximate surface area is 143 Å². The highest BCUT2D eigenvalue weighted by molar-refractivity contribution is 5.93. The van der Waals surface area contributed by atoms with Gasteiger partial charge in [-0.3, -0.25) is 4.79 Å². The van der Waals surface area contributed by atoms with Gasteiger partial charge in [0.1, 0.15) is 0 Å². The molecule has 24 heavy (non-hydrogen) atoms. The maximum Gasteiger partial charge on any atom is 0.255 e. The molecule has 0 bridgehead atoms. The number of rotatable bonds is 6. The Hall–Kier alpha value is -2.21. The summed E-state index contributed by atoms with van der Waals surface area (Å²) in [6, 6.07) is 5.71. The predicted molar refractivity (Wildman–Crippen MR) is 95.2 cm³/mol. The van der Waals surface area contributed by atoms with Crippen molar-refractivity contribution >= 4 is 5.91 Å². The van der Waals surface area contributed by atoms with Crippen molar-refractivity contribution in [1.82, 2.24) is 19.7 Å². The first-order valence-corrected chi connectivity index (χ1v) is 8.30. The zero-order valence-electron chi connectivity index (χ0n) is 15.2. The summed E-state index contributed by atoms with van der Waals surface area (Å²) in [5, 5.41) is 4.40. The average Bonchev–Trinajstić information content (AvgIpc) is 2.90. The van der Waals surface area contributed by atoms with Crippen LogP contribution in [0.1, 0.15) is 42.0 Å². The molecule has 0 aliphatic rings. The van der Waals surface area contributed by atoms with Gasteiger partial charge in [-0.2, -0.15) is 5.10 Å². The van der Waals surface area contributed by atoms with E-state index in [4.69, 9.17) is 5.73 Å². The summed E-state index contributed by atoms with van der Waals surface area (Å²) in [5.74, 6) is 1.08. The van der Waals surface area contributed by atoms with E-state index >= 15 is 0 Å². The molecule has 6 heteroatoms. The maximum absolute atomic E-state index is 12.5. The summed E-state index contributed by atoms with van der Waals surface area (Å²) < 4.78 is 1.77. The Kier molecular flexibility index (Phi) is 5.72. The Morgan fingerprint density at radius 3 is 2.54 bits per heavy atom.